The van der Waals surface area contributed by atoms with Crippen molar-refractivity contribution in [2.24, 2.45) is 51.2 Å². The summed E-state index contributed by atoms with van der Waals surface area (Å²) < 4.78 is 137. The Morgan fingerprint density at radius 3 is 2.09 bits per heavy atom. The molecule has 7 nitrogen and oxygen atoms in total. The van der Waals surface area contributed by atoms with E-state index < -0.39 is 48.7 Å². The second kappa shape index (κ2) is 13.1. The molecule has 54 heavy (non-hydrogen) atoms. The van der Waals surface area contributed by atoms with E-state index in [9.17, 15) is 43.2 Å². The van der Waals surface area contributed by atoms with Crippen LogP contribution >= 0.6 is 0 Å². The number of alkyl halides is 6. The number of nitrogens with zero attached hydrogens (tertiary/aromatic N) is 1. The number of hydrogen-bond acceptors (Lipinski definition) is 6. The summed E-state index contributed by atoms with van der Waals surface area (Å²) in [7, 11) is -11.5. The normalized spacial score (nSPS) is 37.9. The van der Waals surface area contributed by atoms with E-state index in [-0.39, 0.29) is 63.8 Å². The molecule has 5 aliphatic carbocycles. The first-order valence-corrected chi connectivity index (χ1v) is 21.8. The molecular formula is C39H54F6N2O5S2. The summed E-state index contributed by atoms with van der Waals surface area (Å²) in [5, 5.41) is 3.67. The molecule has 4 fully saturated rings. The van der Waals surface area contributed by atoms with Gasteiger partial charge >= 0.3 is 31.2 Å². The molecular weight excluding hydrogens is 755 g/mol. The molecule has 0 aromatic heterocycles. The van der Waals surface area contributed by atoms with Gasteiger partial charge in [0.25, 0.3) is 0 Å². The van der Waals surface area contributed by atoms with Crippen LogP contribution in [-0.4, -0.2) is 46.5 Å². The number of halogens is 6. The second-order valence-electron chi connectivity index (χ2n) is 18.1. The molecule has 4 saturated carbocycles. The summed E-state index contributed by atoms with van der Waals surface area (Å²) in [4.78, 5) is 0. The number of nitrogens with one attached hydrogen (secondary N) is 1. The standard InChI is InChI=1S/C39H54F6N2O5S2/c1-25(2)27-15-20-37(46-23-24-47(26-11-9-8-10-12-26)53(48,49)38(40,41)42)22-21-35(6)28(32(27)37)13-14-30-34(5)18-17-31(52-54(50,51)39(43,44)45)33(3,4)29(34)16-19-36(30,35)7/h8-12,17,27-30,32,46H,1,13-16,18-24H2,2-7H3/t27-,28+,29-,30+,32+,34-,35+,36+,37-/m0/s1. The fourth-order valence-corrected chi connectivity index (χ4v) is 14.4. The van der Waals surface area contributed by atoms with E-state index >= 15 is 0 Å². The number of benzene rings is 1. The molecule has 9 atom stereocenters. The Hall–Kier alpha value is -2.26. The Bertz CT molecular complexity index is 1880. The lowest BCUT2D eigenvalue weighted by Crippen LogP contribution is -2.68. The lowest BCUT2D eigenvalue weighted by atomic mass is 9.33. The van der Waals surface area contributed by atoms with Crippen LogP contribution in [0, 0.1) is 51.2 Å². The summed E-state index contributed by atoms with van der Waals surface area (Å²) in [5.41, 5.74) is -12.0. The Morgan fingerprint density at radius 2 is 1.50 bits per heavy atom. The quantitative estimate of drug-likeness (QED) is 0.116. The Labute approximate surface area is 316 Å². The largest absolute Gasteiger partial charge is 0.534 e. The average Bonchev–Trinajstić information content (AvgIpc) is 3.44. The molecule has 0 amide bonds. The highest BCUT2D eigenvalue weighted by Gasteiger charge is 2.71. The predicted molar refractivity (Wildman–Crippen MR) is 196 cm³/mol. The number of anilines is 1. The minimum Gasteiger partial charge on any atom is -0.380 e. The highest BCUT2D eigenvalue weighted by atomic mass is 32.2. The van der Waals surface area contributed by atoms with E-state index in [2.05, 4.69) is 32.7 Å². The van der Waals surface area contributed by atoms with Crippen molar-refractivity contribution in [3.8, 4) is 0 Å². The topological polar surface area (TPSA) is 92.8 Å². The monoisotopic (exact) mass is 808 g/mol. The van der Waals surface area contributed by atoms with Gasteiger partial charge in [-0.25, -0.2) is 0 Å². The number of fused-ring (bicyclic) bond motifs is 7. The maximum absolute atomic E-state index is 13.9. The molecule has 1 N–H and O–H groups in total. The Balaban J connectivity index is 1.29. The van der Waals surface area contributed by atoms with Crippen molar-refractivity contribution in [2.45, 2.75) is 116 Å². The number of allylic oxidation sites excluding steroid dienone is 3. The fraction of sp³-hybridized carbons (Fsp3) is 0.744. The smallest absolute Gasteiger partial charge is 0.380 e. The van der Waals surface area contributed by atoms with Crippen LogP contribution in [-0.2, 0) is 24.3 Å². The van der Waals surface area contributed by atoms with E-state index in [1.165, 1.54) is 24.3 Å². The van der Waals surface area contributed by atoms with Gasteiger partial charge < -0.3 is 9.50 Å². The highest BCUT2D eigenvalue weighted by Crippen LogP contribution is 2.76. The first-order valence-electron chi connectivity index (χ1n) is 19.0. The van der Waals surface area contributed by atoms with Crippen LogP contribution < -0.4 is 9.62 Å². The van der Waals surface area contributed by atoms with Gasteiger partial charge in [0.05, 0.1) is 5.69 Å². The van der Waals surface area contributed by atoms with E-state index in [4.69, 9.17) is 4.18 Å². The predicted octanol–water partition coefficient (Wildman–Crippen LogP) is 9.70. The molecule has 304 valence electrons. The highest BCUT2D eigenvalue weighted by molar-refractivity contribution is 7.93. The van der Waals surface area contributed by atoms with Gasteiger partial charge in [-0.1, -0.05) is 65.0 Å². The molecule has 0 heterocycles. The molecule has 1 aromatic carbocycles. The van der Waals surface area contributed by atoms with E-state index in [1.807, 2.05) is 6.92 Å². The van der Waals surface area contributed by atoms with Crippen LogP contribution in [0.4, 0.5) is 32.0 Å². The van der Waals surface area contributed by atoms with Crippen molar-refractivity contribution in [1.29, 1.82) is 0 Å². The number of hydrogen-bond donors (Lipinski definition) is 1. The van der Waals surface area contributed by atoms with Gasteiger partial charge in [-0.15, -0.1) is 0 Å². The van der Waals surface area contributed by atoms with Crippen molar-refractivity contribution in [2.75, 3.05) is 17.4 Å². The third-order valence-electron chi connectivity index (χ3n) is 15.5. The van der Waals surface area contributed by atoms with Gasteiger partial charge in [0.2, 0.25) is 0 Å². The van der Waals surface area contributed by atoms with Crippen molar-refractivity contribution >= 4 is 25.8 Å². The van der Waals surface area contributed by atoms with Crippen LogP contribution in [0.1, 0.15) is 99.3 Å². The lowest BCUT2D eigenvalue weighted by Gasteiger charge is -2.72. The van der Waals surface area contributed by atoms with Crippen molar-refractivity contribution in [3.05, 3.63) is 54.3 Å². The van der Waals surface area contributed by atoms with Crippen molar-refractivity contribution < 1.29 is 47.4 Å². The fourth-order valence-electron chi connectivity index (χ4n) is 12.9. The molecule has 0 aliphatic heterocycles. The first kappa shape index (κ1) is 41.4. The second-order valence-corrected chi connectivity index (χ2v) is 21.5. The maximum Gasteiger partial charge on any atom is 0.534 e. The molecule has 0 radical (unpaired) electrons. The molecule has 0 bridgehead atoms. The van der Waals surface area contributed by atoms with Crippen LogP contribution in [0.25, 0.3) is 0 Å². The van der Waals surface area contributed by atoms with Crippen LogP contribution in [0.3, 0.4) is 0 Å². The third-order valence-corrected chi connectivity index (χ3v) is 18.0. The van der Waals surface area contributed by atoms with E-state index in [0.29, 0.717) is 17.1 Å². The number of sulfonamides is 1. The van der Waals surface area contributed by atoms with Gasteiger partial charge in [-0.05, 0) is 129 Å². The molecule has 15 heteroatoms. The third kappa shape index (κ3) is 6.14. The summed E-state index contributed by atoms with van der Waals surface area (Å²) in [6.45, 7) is 16.6. The molecule has 0 spiro atoms. The summed E-state index contributed by atoms with van der Waals surface area (Å²) in [6.07, 6.45) is 8.47. The number of para-hydroxylation sites is 1. The average molecular weight is 809 g/mol. The maximum atomic E-state index is 13.9. The zero-order valence-electron chi connectivity index (χ0n) is 31.9. The summed E-state index contributed by atoms with van der Waals surface area (Å²) in [5.74, 6) is 0.450. The van der Waals surface area contributed by atoms with Crippen LogP contribution in [0.15, 0.2) is 54.3 Å². The van der Waals surface area contributed by atoms with E-state index in [1.54, 1.807) is 26.0 Å². The lowest BCUT2D eigenvalue weighted by molar-refractivity contribution is -0.223. The molecule has 0 unspecified atom stereocenters. The summed E-state index contributed by atoms with van der Waals surface area (Å²) >= 11 is 0. The van der Waals surface area contributed by atoms with Gasteiger partial charge in [0.1, 0.15) is 5.76 Å². The van der Waals surface area contributed by atoms with Crippen LogP contribution in [0.5, 0.6) is 0 Å². The molecule has 1 aromatic rings. The Morgan fingerprint density at radius 1 is 0.852 bits per heavy atom. The SMILES string of the molecule is C=C(C)[C@@H]1CC[C@]2(NCCN(c3ccccc3)S(=O)(=O)C(F)(F)F)CC[C@]3(C)[C@H](CC[C@@H]4[C@@]5(C)CC=C(OS(=O)(=O)C(F)(F)F)C(C)(C)[C@@H]5CC[C@]43C)[C@@H]12. The summed E-state index contributed by atoms with van der Waals surface area (Å²) in [6, 6.07) is 7.35. The zero-order chi connectivity index (χ0) is 40.1. The Kier molecular flexibility index (Phi) is 10.1. The minimum atomic E-state index is -5.82. The van der Waals surface area contributed by atoms with Crippen molar-refractivity contribution in [1.82, 2.24) is 5.32 Å². The van der Waals surface area contributed by atoms with E-state index in [0.717, 1.165) is 50.5 Å². The first-order chi connectivity index (χ1) is 24.7. The molecule has 5 aliphatic rings. The molecule has 0 saturated heterocycles. The zero-order valence-corrected chi connectivity index (χ0v) is 33.5. The van der Waals surface area contributed by atoms with Gasteiger partial charge in [0, 0.05) is 24.0 Å². The van der Waals surface area contributed by atoms with Crippen molar-refractivity contribution in [3.63, 3.8) is 0 Å². The van der Waals surface area contributed by atoms with Crippen LogP contribution in [0.2, 0.25) is 0 Å². The van der Waals surface area contributed by atoms with Gasteiger partial charge in [0.15, 0.2) is 0 Å². The minimum absolute atomic E-state index is 0.0303. The van der Waals surface area contributed by atoms with Gasteiger partial charge in [-0.2, -0.15) is 43.2 Å². The molecule has 6 rings (SSSR count). The van der Waals surface area contributed by atoms with Gasteiger partial charge in [-0.3, -0.25) is 4.31 Å². The number of rotatable bonds is 9.